The first-order valence-electron chi connectivity index (χ1n) is 2.75. The van der Waals surface area contributed by atoms with Gasteiger partial charge in [-0.1, -0.05) is 0 Å². The molecule has 85 valence electrons. The zero-order chi connectivity index (χ0) is 11.8. The highest BCUT2D eigenvalue weighted by atomic mass is 32.2. The molecule has 0 unspecified atom stereocenters. The molecule has 0 aromatic rings. The summed E-state index contributed by atoms with van der Waals surface area (Å²) in [4.78, 5) is 0. The van der Waals surface area contributed by atoms with Gasteiger partial charge in [-0.25, -0.2) is 4.18 Å². The summed E-state index contributed by atoms with van der Waals surface area (Å²) in [5, 5.41) is 0. The van der Waals surface area contributed by atoms with Crippen molar-refractivity contribution in [2.75, 3.05) is 6.26 Å². The maximum absolute atomic E-state index is 11.6. The molecule has 0 aliphatic rings. The first kappa shape index (κ1) is 13.5. The molecule has 0 aromatic carbocycles. The number of alkyl halides is 6. The summed E-state index contributed by atoms with van der Waals surface area (Å²) >= 11 is 0. The molecule has 0 saturated carbocycles. The minimum Gasteiger partial charge on any atom is -0.240 e. The van der Waals surface area contributed by atoms with E-state index in [9.17, 15) is 34.8 Å². The zero-order valence-electron chi connectivity index (χ0n) is 6.40. The molecule has 0 bridgehead atoms. The molecule has 0 heterocycles. The summed E-state index contributed by atoms with van der Waals surface area (Å²) in [6.07, 6.45) is -15.1. The molecule has 0 amide bonds. The average Bonchev–Trinajstić information content (AvgIpc) is 1.75. The molecule has 0 aromatic heterocycles. The third-order valence-corrected chi connectivity index (χ3v) is 1.22. The Hall–Kier alpha value is -0.510. The third-order valence-electron chi connectivity index (χ3n) is 0.750. The first-order chi connectivity index (χ1) is 5.84. The van der Waals surface area contributed by atoms with Gasteiger partial charge in [-0.15, -0.1) is 0 Å². The van der Waals surface area contributed by atoms with Gasteiger partial charge in [0.15, 0.2) is 0 Å². The van der Waals surface area contributed by atoms with Crippen LogP contribution >= 0.6 is 0 Å². The van der Waals surface area contributed by atoms with Crippen molar-refractivity contribution in [3.8, 4) is 0 Å². The van der Waals surface area contributed by atoms with Crippen LogP contribution in [0.4, 0.5) is 26.3 Å². The van der Waals surface area contributed by atoms with Gasteiger partial charge in [0.05, 0.1) is 6.26 Å². The summed E-state index contributed by atoms with van der Waals surface area (Å²) in [6.45, 7) is 0. The Bertz CT molecular complexity index is 273. The Morgan fingerprint density at radius 3 is 1.36 bits per heavy atom. The highest BCUT2D eigenvalue weighted by Gasteiger charge is 2.61. The van der Waals surface area contributed by atoms with Crippen LogP contribution in [0.3, 0.4) is 0 Å². The molecular formula is C4H3F6O3S. The summed E-state index contributed by atoms with van der Waals surface area (Å²) in [5.74, 6) is 0. The summed E-state index contributed by atoms with van der Waals surface area (Å²) in [6, 6.07) is 0. The van der Waals surface area contributed by atoms with Crippen LogP contribution in [-0.2, 0) is 14.3 Å². The molecular weight excluding hydrogens is 242 g/mol. The normalized spacial score (nSPS) is 14.9. The molecule has 0 rings (SSSR count). The maximum atomic E-state index is 11.6. The van der Waals surface area contributed by atoms with Crippen molar-refractivity contribution in [2.24, 2.45) is 0 Å². The van der Waals surface area contributed by atoms with Crippen LogP contribution in [0, 0.1) is 6.10 Å². The van der Waals surface area contributed by atoms with Gasteiger partial charge in [0, 0.05) is 0 Å². The van der Waals surface area contributed by atoms with Crippen molar-refractivity contribution in [1.82, 2.24) is 0 Å². The Kier molecular flexibility index (Phi) is 3.44. The summed E-state index contributed by atoms with van der Waals surface area (Å²) < 4.78 is 92.6. The third kappa shape index (κ3) is 4.65. The van der Waals surface area contributed by atoms with Crippen molar-refractivity contribution in [2.45, 2.75) is 12.4 Å². The lowest BCUT2D eigenvalue weighted by Gasteiger charge is -2.19. The Morgan fingerprint density at radius 1 is 1.00 bits per heavy atom. The van der Waals surface area contributed by atoms with E-state index in [4.69, 9.17) is 0 Å². The predicted octanol–water partition coefficient (Wildman–Crippen LogP) is 1.62. The largest absolute Gasteiger partial charge is 0.431 e. The van der Waals surface area contributed by atoms with E-state index < -0.39 is 28.6 Å². The second kappa shape index (κ2) is 3.57. The Morgan fingerprint density at radius 2 is 1.29 bits per heavy atom. The van der Waals surface area contributed by atoms with E-state index in [2.05, 4.69) is 4.18 Å². The second-order valence-corrected chi connectivity index (χ2v) is 3.69. The predicted molar refractivity (Wildman–Crippen MR) is 31.3 cm³/mol. The van der Waals surface area contributed by atoms with E-state index in [1.807, 2.05) is 0 Å². The van der Waals surface area contributed by atoms with Crippen LogP contribution in [0.1, 0.15) is 0 Å². The molecule has 3 nitrogen and oxygen atoms in total. The molecule has 14 heavy (non-hydrogen) atoms. The lowest BCUT2D eigenvalue weighted by Crippen LogP contribution is -2.37. The SMILES string of the molecule is CS(=O)(=O)O[C](C(F)(F)F)C(F)(F)F. The molecule has 10 heteroatoms. The number of halogens is 6. The Balaban J connectivity index is 4.97. The van der Waals surface area contributed by atoms with Crippen LogP contribution in [-0.4, -0.2) is 27.0 Å². The summed E-state index contributed by atoms with van der Waals surface area (Å²) in [5.41, 5.74) is 0. The fourth-order valence-electron chi connectivity index (χ4n) is 0.407. The van der Waals surface area contributed by atoms with Crippen LogP contribution in [0.5, 0.6) is 0 Å². The monoisotopic (exact) mass is 245 g/mol. The van der Waals surface area contributed by atoms with Crippen LogP contribution in [0.2, 0.25) is 0 Å². The fourth-order valence-corrected chi connectivity index (χ4v) is 0.898. The molecule has 0 aliphatic carbocycles. The fraction of sp³-hybridized carbons (Fsp3) is 0.750. The van der Waals surface area contributed by atoms with E-state index in [-0.39, 0.29) is 6.26 Å². The highest BCUT2D eigenvalue weighted by molar-refractivity contribution is 7.86. The van der Waals surface area contributed by atoms with Crippen LogP contribution in [0.15, 0.2) is 0 Å². The highest BCUT2D eigenvalue weighted by Crippen LogP contribution is 2.42. The van der Waals surface area contributed by atoms with E-state index >= 15 is 0 Å². The number of hydrogen-bond acceptors (Lipinski definition) is 3. The molecule has 0 atom stereocenters. The van der Waals surface area contributed by atoms with Gasteiger partial charge in [-0.05, 0) is 0 Å². The summed E-state index contributed by atoms with van der Waals surface area (Å²) in [7, 11) is -4.87. The first-order valence-corrected chi connectivity index (χ1v) is 4.56. The topological polar surface area (TPSA) is 43.4 Å². The lowest BCUT2D eigenvalue weighted by molar-refractivity contribution is -0.243. The van der Waals surface area contributed by atoms with Gasteiger partial charge in [-0.3, -0.25) is 0 Å². The molecule has 0 aliphatic heterocycles. The molecule has 0 N–H and O–H groups in total. The van der Waals surface area contributed by atoms with Gasteiger partial charge in [0.25, 0.3) is 10.1 Å². The van der Waals surface area contributed by atoms with Crippen LogP contribution in [0.25, 0.3) is 0 Å². The number of hydrogen-bond donors (Lipinski definition) is 0. The van der Waals surface area contributed by atoms with Crippen molar-refractivity contribution < 1.29 is 38.9 Å². The van der Waals surface area contributed by atoms with Crippen LogP contribution < -0.4 is 0 Å². The average molecular weight is 245 g/mol. The van der Waals surface area contributed by atoms with Gasteiger partial charge >= 0.3 is 18.5 Å². The van der Waals surface area contributed by atoms with E-state index in [0.29, 0.717) is 0 Å². The van der Waals surface area contributed by atoms with Crippen molar-refractivity contribution in [3.05, 3.63) is 6.10 Å². The smallest absolute Gasteiger partial charge is 0.240 e. The second-order valence-electron chi connectivity index (χ2n) is 2.11. The lowest BCUT2D eigenvalue weighted by atomic mass is 10.3. The quantitative estimate of drug-likeness (QED) is 0.548. The molecule has 0 fully saturated rings. The van der Waals surface area contributed by atoms with Crippen molar-refractivity contribution in [1.29, 1.82) is 0 Å². The van der Waals surface area contributed by atoms with Crippen molar-refractivity contribution >= 4 is 10.1 Å². The zero-order valence-corrected chi connectivity index (χ0v) is 7.22. The molecule has 0 saturated heterocycles. The molecule has 1 radical (unpaired) electrons. The standard InChI is InChI=1S/C4H3F6O3S/c1-14(11,12)13-2(3(5,6)7)4(8,9)10/h1H3. The van der Waals surface area contributed by atoms with E-state index in [1.54, 1.807) is 0 Å². The van der Waals surface area contributed by atoms with E-state index in [0.717, 1.165) is 0 Å². The van der Waals surface area contributed by atoms with Gasteiger partial charge in [-0.2, -0.15) is 34.8 Å². The number of rotatable bonds is 2. The van der Waals surface area contributed by atoms with Gasteiger partial charge < -0.3 is 0 Å². The van der Waals surface area contributed by atoms with Gasteiger partial charge in [0.2, 0.25) is 0 Å². The van der Waals surface area contributed by atoms with Gasteiger partial charge in [0.1, 0.15) is 0 Å². The Labute approximate surface area is 74.8 Å². The maximum Gasteiger partial charge on any atom is 0.431 e. The van der Waals surface area contributed by atoms with E-state index in [1.165, 1.54) is 0 Å². The molecule has 0 spiro atoms. The minimum atomic E-state index is -5.90. The minimum absolute atomic E-state index is 0.0739. The van der Waals surface area contributed by atoms with Crippen molar-refractivity contribution in [3.63, 3.8) is 0 Å².